The lowest BCUT2D eigenvalue weighted by Crippen LogP contribution is -2.27. The quantitative estimate of drug-likeness (QED) is 0.925. The molecule has 1 N–H and O–H groups in total. The number of halogens is 1. The molecule has 2 nitrogen and oxygen atoms in total. The van der Waals surface area contributed by atoms with Gasteiger partial charge in [-0.2, -0.15) is 0 Å². The van der Waals surface area contributed by atoms with Gasteiger partial charge in [0.05, 0.1) is 12.7 Å². The fourth-order valence-corrected chi connectivity index (χ4v) is 2.83. The largest absolute Gasteiger partial charge is 0.372 e. The summed E-state index contributed by atoms with van der Waals surface area (Å²) in [5.41, 5.74) is 3.84. The van der Waals surface area contributed by atoms with Crippen molar-refractivity contribution in [2.24, 2.45) is 0 Å². The van der Waals surface area contributed by atoms with E-state index in [0.717, 1.165) is 36.7 Å². The van der Waals surface area contributed by atoms with Crippen molar-refractivity contribution in [2.75, 3.05) is 13.2 Å². The van der Waals surface area contributed by atoms with E-state index in [1.165, 1.54) is 11.1 Å². The van der Waals surface area contributed by atoms with Crippen molar-refractivity contribution in [2.45, 2.75) is 19.1 Å². The maximum Gasteiger partial charge on any atom is 0.0952 e. The van der Waals surface area contributed by atoms with Crippen LogP contribution in [0.4, 0.5) is 0 Å². The van der Waals surface area contributed by atoms with Crippen LogP contribution in [0.2, 0.25) is 5.02 Å². The molecule has 0 saturated heterocycles. The van der Waals surface area contributed by atoms with Crippen LogP contribution in [0.1, 0.15) is 22.8 Å². The summed E-state index contributed by atoms with van der Waals surface area (Å²) >= 11 is 6.16. The van der Waals surface area contributed by atoms with Gasteiger partial charge in [-0.15, -0.1) is 0 Å². The number of fused-ring (bicyclic) bond motifs is 1. The molecule has 2 aromatic rings. The number of nitrogens with one attached hydrogen (secondary N) is 1. The molecule has 3 rings (SSSR count). The topological polar surface area (TPSA) is 21.3 Å². The van der Waals surface area contributed by atoms with Crippen LogP contribution in [0.5, 0.6) is 0 Å². The van der Waals surface area contributed by atoms with Crippen molar-refractivity contribution >= 4 is 11.6 Å². The highest BCUT2D eigenvalue weighted by Gasteiger charge is 2.19. The molecule has 3 heteroatoms. The SMILES string of the molecule is Clc1ccccc1CNCC1OCCc2ccccc21. The molecule has 0 radical (unpaired) electrons. The van der Waals surface area contributed by atoms with E-state index in [1.807, 2.05) is 24.3 Å². The molecular formula is C17H18ClNO. The van der Waals surface area contributed by atoms with E-state index in [2.05, 4.69) is 29.6 Å². The summed E-state index contributed by atoms with van der Waals surface area (Å²) in [6, 6.07) is 16.5. The Morgan fingerprint density at radius 2 is 1.90 bits per heavy atom. The minimum absolute atomic E-state index is 0.141. The van der Waals surface area contributed by atoms with Gasteiger partial charge in [0.25, 0.3) is 0 Å². The number of hydrogen-bond donors (Lipinski definition) is 1. The van der Waals surface area contributed by atoms with Crippen LogP contribution in [0, 0.1) is 0 Å². The summed E-state index contributed by atoms with van der Waals surface area (Å²) in [5, 5.41) is 4.25. The van der Waals surface area contributed by atoms with E-state index in [-0.39, 0.29) is 6.10 Å². The summed E-state index contributed by atoms with van der Waals surface area (Å²) < 4.78 is 5.88. The predicted molar refractivity (Wildman–Crippen MR) is 82.0 cm³/mol. The summed E-state index contributed by atoms with van der Waals surface area (Å²) in [4.78, 5) is 0. The highest BCUT2D eigenvalue weighted by molar-refractivity contribution is 6.31. The summed E-state index contributed by atoms with van der Waals surface area (Å²) in [6.45, 7) is 2.37. The first-order chi connectivity index (χ1) is 9.84. The number of benzene rings is 2. The highest BCUT2D eigenvalue weighted by atomic mass is 35.5. The van der Waals surface area contributed by atoms with E-state index >= 15 is 0 Å². The third kappa shape index (κ3) is 3.04. The van der Waals surface area contributed by atoms with E-state index in [9.17, 15) is 0 Å². The molecule has 0 saturated carbocycles. The Labute approximate surface area is 124 Å². The van der Waals surface area contributed by atoms with Crippen LogP contribution in [-0.2, 0) is 17.7 Å². The molecular weight excluding hydrogens is 270 g/mol. The summed E-state index contributed by atoms with van der Waals surface area (Å²) in [6.07, 6.45) is 1.15. The van der Waals surface area contributed by atoms with Crippen LogP contribution in [0.3, 0.4) is 0 Å². The molecule has 2 aromatic carbocycles. The van der Waals surface area contributed by atoms with Gasteiger partial charge < -0.3 is 10.1 Å². The highest BCUT2D eigenvalue weighted by Crippen LogP contribution is 2.26. The molecule has 0 fully saturated rings. The van der Waals surface area contributed by atoms with Gasteiger partial charge in [0.2, 0.25) is 0 Å². The third-order valence-electron chi connectivity index (χ3n) is 3.70. The zero-order valence-corrected chi connectivity index (χ0v) is 12.1. The van der Waals surface area contributed by atoms with Crippen molar-refractivity contribution < 1.29 is 4.74 Å². The van der Waals surface area contributed by atoms with Gasteiger partial charge in [0.1, 0.15) is 0 Å². The van der Waals surface area contributed by atoms with Gasteiger partial charge in [0, 0.05) is 18.1 Å². The standard InChI is InChI=1S/C17H18ClNO/c18-16-8-4-2-6-14(16)11-19-12-17-15-7-3-1-5-13(15)9-10-20-17/h1-8,17,19H,9-12H2. The Morgan fingerprint density at radius 3 is 2.80 bits per heavy atom. The maximum absolute atomic E-state index is 6.16. The Kier molecular flexibility index (Phi) is 4.36. The average molecular weight is 288 g/mol. The second-order valence-corrected chi connectivity index (χ2v) is 5.44. The second kappa shape index (κ2) is 6.40. The Balaban J connectivity index is 1.61. The molecule has 0 bridgehead atoms. The summed E-state index contributed by atoms with van der Waals surface area (Å²) in [5.74, 6) is 0. The lowest BCUT2D eigenvalue weighted by Gasteiger charge is -2.26. The van der Waals surface area contributed by atoms with Crippen LogP contribution >= 0.6 is 11.6 Å². The van der Waals surface area contributed by atoms with Crippen molar-refractivity contribution in [1.82, 2.24) is 5.32 Å². The molecule has 20 heavy (non-hydrogen) atoms. The molecule has 0 amide bonds. The van der Waals surface area contributed by atoms with Gasteiger partial charge in [-0.25, -0.2) is 0 Å². The van der Waals surface area contributed by atoms with Crippen LogP contribution < -0.4 is 5.32 Å². The van der Waals surface area contributed by atoms with E-state index < -0.39 is 0 Å². The zero-order chi connectivity index (χ0) is 13.8. The summed E-state index contributed by atoms with van der Waals surface area (Å²) in [7, 11) is 0. The van der Waals surface area contributed by atoms with Gasteiger partial charge in [0.15, 0.2) is 0 Å². The van der Waals surface area contributed by atoms with Gasteiger partial charge in [-0.05, 0) is 29.2 Å². The van der Waals surface area contributed by atoms with Crippen molar-refractivity contribution in [3.05, 3.63) is 70.2 Å². The first-order valence-corrected chi connectivity index (χ1v) is 7.36. The number of ether oxygens (including phenoxy) is 1. The third-order valence-corrected chi connectivity index (χ3v) is 4.06. The Morgan fingerprint density at radius 1 is 1.10 bits per heavy atom. The molecule has 104 valence electrons. The van der Waals surface area contributed by atoms with Crippen LogP contribution in [0.25, 0.3) is 0 Å². The minimum atomic E-state index is 0.141. The lowest BCUT2D eigenvalue weighted by atomic mass is 9.97. The minimum Gasteiger partial charge on any atom is -0.372 e. The molecule has 0 aromatic heterocycles. The fraction of sp³-hybridized carbons (Fsp3) is 0.294. The van der Waals surface area contributed by atoms with Gasteiger partial charge >= 0.3 is 0 Å². The maximum atomic E-state index is 6.16. The first-order valence-electron chi connectivity index (χ1n) is 6.98. The average Bonchev–Trinajstić information content (AvgIpc) is 2.49. The Hall–Kier alpha value is -1.35. The molecule has 0 spiro atoms. The van der Waals surface area contributed by atoms with E-state index in [1.54, 1.807) is 0 Å². The normalized spacial score (nSPS) is 17.8. The second-order valence-electron chi connectivity index (χ2n) is 5.03. The van der Waals surface area contributed by atoms with Gasteiger partial charge in [-0.3, -0.25) is 0 Å². The molecule has 1 atom stereocenters. The molecule has 1 heterocycles. The van der Waals surface area contributed by atoms with Gasteiger partial charge in [-0.1, -0.05) is 54.1 Å². The molecule has 1 aliphatic rings. The molecule has 0 aliphatic carbocycles. The number of rotatable bonds is 4. The monoisotopic (exact) mass is 287 g/mol. The van der Waals surface area contributed by atoms with Crippen molar-refractivity contribution in [3.8, 4) is 0 Å². The molecule has 1 unspecified atom stereocenters. The van der Waals surface area contributed by atoms with Crippen molar-refractivity contribution in [1.29, 1.82) is 0 Å². The lowest BCUT2D eigenvalue weighted by molar-refractivity contribution is 0.0423. The Bertz CT molecular complexity index is 585. The van der Waals surface area contributed by atoms with E-state index in [4.69, 9.17) is 16.3 Å². The van der Waals surface area contributed by atoms with Crippen molar-refractivity contribution in [3.63, 3.8) is 0 Å². The zero-order valence-electron chi connectivity index (χ0n) is 11.3. The smallest absolute Gasteiger partial charge is 0.0952 e. The number of hydrogen-bond acceptors (Lipinski definition) is 2. The first kappa shape index (κ1) is 13.6. The predicted octanol–water partition coefficient (Wildman–Crippen LogP) is 3.74. The van der Waals surface area contributed by atoms with Crippen LogP contribution in [-0.4, -0.2) is 13.2 Å². The van der Waals surface area contributed by atoms with E-state index in [0.29, 0.717) is 0 Å². The fourth-order valence-electron chi connectivity index (χ4n) is 2.63. The molecule has 1 aliphatic heterocycles. The van der Waals surface area contributed by atoms with Crippen LogP contribution in [0.15, 0.2) is 48.5 Å².